The molecule has 0 aliphatic carbocycles. The highest BCUT2D eigenvalue weighted by Gasteiger charge is 2.21. The van der Waals surface area contributed by atoms with Gasteiger partial charge in [-0.1, -0.05) is 6.42 Å². The summed E-state index contributed by atoms with van der Waals surface area (Å²) in [6.45, 7) is 1.65. The monoisotopic (exact) mass is 293 g/mol. The van der Waals surface area contributed by atoms with Crippen molar-refractivity contribution in [1.29, 1.82) is 0 Å². The van der Waals surface area contributed by atoms with Crippen LogP contribution in [-0.4, -0.2) is 42.0 Å². The predicted octanol–water partition coefficient (Wildman–Crippen LogP) is 0.667. The molecule has 0 aromatic carbocycles. The number of aromatic nitrogens is 1. The predicted molar refractivity (Wildman–Crippen MR) is 78.3 cm³/mol. The van der Waals surface area contributed by atoms with Gasteiger partial charge in [0.05, 0.1) is 10.5 Å². The van der Waals surface area contributed by atoms with Gasteiger partial charge in [0.1, 0.15) is 12.0 Å². The molecule has 1 amide bonds. The van der Waals surface area contributed by atoms with Crippen molar-refractivity contribution in [3.05, 3.63) is 27.9 Å². The molecule has 21 heavy (non-hydrogen) atoms. The van der Waals surface area contributed by atoms with Gasteiger partial charge in [-0.2, -0.15) is 0 Å². The second kappa shape index (κ2) is 6.49. The zero-order chi connectivity index (χ0) is 15.4. The van der Waals surface area contributed by atoms with Crippen LogP contribution in [0.4, 0.5) is 11.5 Å². The largest absolute Gasteiger partial charge is 0.365 e. The van der Waals surface area contributed by atoms with Gasteiger partial charge < -0.3 is 16.0 Å². The van der Waals surface area contributed by atoms with Crippen molar-refractivity contribution in [2.75, 3.05) is 25.0 Å². The molecule has 1 atom stereocenters. The van der Waals surface area contributed by atoms with E-state index in [0.29, 0.717) is 18.4 Å². The van der Waals surface area contributed by atoms with Crippen LogP contribution >= 0.6 is 0 Å². The van der Waals surface area contributed by atoms with Crippen molar-refractivity contribution < 1.29 is 9.72 Å². The number of hydrogen-bond donors (Lipinski definition) is 2. The Kier molecular flexibility index (Phi) is 4.69. The second-order valence-electron chi connectivity index (χ2n) is 5.21. The highest BCUT2D eigenvalue weighted by atomic mass is 16.6. The Bertz CT molecular complexity index is 543. The van der Waals surface area contributed by atoms with E-state index in [-0.39, 0.29) is 11.3 Å². The molecule has 3 N–H and O–H groups in total. The van der Waals surface area contributed by atoms with Crippen LogP contribution in [0.5, 0.6) is 0 Å². The second-order valence-corrected chi connectivity index (χ2v) is 5.21. The third-order valence-electron chi connectivity index (χ3n) is 3.60. The van der Waals surface area contributed by atoms with Gasteiger partial charge in [0.25, 0.3) is 11.6 Å². The molecule has 114 valence electrons. The van der Waals surface area contributed by atoms with Crippen molar-refractivity contribution >= 4 is 17.4 Å². The van der Waals surface area contributed by atoms with Crippen LogP contribution < -0.4 is 16.0 Å². The van der Waals surface area contributed by atoms with Crippen molar-refractivity contribution in [1.82, 2.24) is 10.3 Å². The number of hydrogen-bond acceptors (Lipinski definition) is 6. The van der Waals surface area contributed by atoms with Crippen LogP contribution in [0.25, 0.3) is 0 Å². The number of carbonyl (C=O) groups is 1. The first-order valence-corrected chi connectivity index (χ1v) is 6.88. The Morgan fingerprint density at radius 2 is 2.38 bits per heavy atom. The van der Waals surface area contributed by atoms with Gasteiger partial charge in [-0.05, 0) is 19.4 Å². The summed E-state index contributed by atoms with van der Waals surface area (Å²) in [5.74, 6) is -0.342. The number of nitrogens with one attached hydrogen (secondary N) is 1. The van der Waals surface area contributed by atoms with Crippen LogP contribution in [0.2, 0.25) is 0 Å². The summed E-state index contributed by atoms with van der Waals surface area (Å²) in [6.07, 6.45) is 4.54. The average Bonchev–Trinajstić information content (AvgIpc) is 2.47. The van der Waals surface area contributed by atoms with Crippen LogP contribution in [0, 0.1) is 10.1 Å². The molecular weight excluding hydrogens is 274 g/mol. The molecule has 1 aliphatic rings. The van der Waals surface area contributed by atoms with E-state index in [1.165, 1.54) is 18.9 Å². The van der Waals surface area contributed by atoms with Crippen LogP contribution in [0.1, 0.15) is 29.6 Å². The van der Waals surface area contributed by atoms with Crippen molar-refractivity contribution in [2.45, 2.75) is 25.3 Å². The molecule has 1 aliphatic heterocycles. The zero-order valence-corrected chi connectivity index (χ0v) is 11.9. The van der Waals surface area contributed by atoms with Gasteiger partial charge in [-0.25, -0.2) is 4.98 Å². The number of nitro groups is 1. The molecule has 0 saturated carbocycles. The van der Waals surface area contributed by atoms with Crippen LogP contribution in [0.15, 0.2) is 12.3 Å². The summed E-state index contributed by atoms with van der Waals surface area (Å²) in [6, 6.07) is 1.50. The molecule has 1 unspecified atom stereocenters. The maximum Gasteiger partial charge on any atom is 0.288 e. The molecule has 2 rings (SSSR count). The number of piperidine rings is 1. The summed E-state index contributed by atoms with van der Waals surface area (Å²) in [7, 11) is 1.80. The Morgan fingerprint density at radius 3 is 2.95 bits per heavy atom. The normalized spacial score (nSPS) is 18.2. The molecule has 1 fully saturated rings. The first kappa shape index (κ1) is 15.2. The minimum absolute atomic E-state index is 0.0718. The SMILES string of the molecule is CN(CC1CCCCN1)c1ncc([N+](=O)[O-])cc1C(N)=O. The Morgan fingerprint density at radius 1 is 1.62 bits per heavy atom. The van der Waals surface area contributed by atoms with E-state index >= 15 is 0 Å². The maximum atomic E-state index is 11.5. The molecule has 0 spiro atoms. The summed E-state index contributed by atoms with van der Waals surface area (Å²) < 4.78 is 0. The van der Waals surface area contributed by atoms with Crippen molar-refractivity contribution in [3.63, 3.8) is 0 Å². The van der Waals surface area contributed by atoms with Gasteiger partial charge >= 0.3 is 0 Å². The van der Waals surface area contributed by atoms with Crippen molar-refractivity contribution in [3.8, 4) is 0 Å². The lowest BCUT2D eigenvalue weighted by Gasteiger charge is -2.29. The van der Waals surface area contributed by atoms with E-state index in [0.717, 1.165) is 19.2 Å². The highest BCUT2D eigenvalue weighted by Crippen LogP contribution is 2.22. The minimum atomic E-state index is -0.718. The fourth-order valence-electron chi connectivity index (χ4n) is 2.53. The van der Waals surface area contributed by atoms with E-state index in [1.807, 2.05) is 4.90 Å². The molecule has 0 bridgehead atoms. The molecule has 8 nitrogen and oxygen atoms in total. The number of nitrogens with zero attached hydrogens (tertiary/aromatic N) is 3. The molecule has 0 radical (unpaired) electrons. The molecular formula is C13H19N5O3. The van der Waals surface area contributed by atoms with E-state index in [2.05, 4.69) is 10.3 Å². The van der Waals surface area contributed by atoms with Crippen LogP contribution in [0.3, 0.4) is 0 Å². The topological polar surface area (TPSA) is 114 Å². The third-order valence-corrected chi connectivity index (χ3v) is 3.60. The minimum Gasteiger partial charge on any atom is -0.365 e. The standard InChI is InChI=1S/C13H19N5O3/c1-17(8-9-4-2-3-5-15-9)13-11(12(14)19)6-10(7-16-13)18(20)21/h6-7,9,15H,2-5,8H2,1H3,(H2,14,19). The molecule has 1 saturated heterocycles. The zero-order valence-electron chi connectivity index (χ0n) is 11.9. The fraction of sp³-hybridized carbons (Fsp3) is 0.538. The molecule has 1 aromatic rings. The number of primary amides is 1. The van der Waals surface area contributed by atoms with Crippen LogP contribution in [-0.2, 0) is 0 Å². The summed E-state index contributed by atoms with van der Waals surface area (Å²) in [4.78, 5) is 27.5. The Balaban J connectivity index is 2.20. The number of pyridine rings is 1. The Labute approximate surface area is 122 Å². The van der Waals surface area contributed by atoms with Gasteiger partial charge in [0.2, 0.25) is 0 Å². The number of amides is 1. The van der Waals surface area contributed by atoms with Gasteiger partial charge in [-0.15, -0.1) is 0 Å². The van der Waals surface area contributed by atoms with Crippen molar-refractivity contribution in [2.24, 2.45) is 5.73 Å². The number of carbonyl (C=O) groups excluding carboxylic acids is 1. The lowest BCUT2D eigenvalue weighted by molar-refractivity contribution is -0.385. The highest BCUT2D eigenvalue weighted by molar-refractivity contribution is 5.98. The van der Waals surface area contributed by atoms with Gasteiger partial charge in [0.15, 0.2) is 0 Å². The Hall–Kier alpha value is -2.22. The summed E-state index contributed by atoms with van der Waals surface area (Å²) >= 11 is 0. The average molecular weight is 293 g/mol. The van der Waals surface area contributed by atoms with Gasteiger partial charge in [0, 0.05) is 25.7 Å². The van der Waals surface area contributed by atoms with E-state index in [1.54, 1.807) is 7.05 Å². The number of nitrogens with two attached hydrogens (primary N) is 1. The first-order valence-electron chi connectivity index (χ1n) is 6.88. The summed E-state index contributed by atoms with van der Waals surface area (Å²) in [5.41, 5.74) is 5.14. The van der Waals surface area contributed by atoms with E-state index < -0.39 is 10.8 Å². The summed E-state index contributed by atoms with van der Waals surface area (Å²) in [5, 5.41) is 14.2. The molecule has 1 aromatic heterocycles. The molecule has 2 heterocycles. The van der Waals surface area contributed by atoms with E-state index in [9.17, 15) is 14.9 Å². The number of likely N-dealkylation sites (N-methyl/N-ethyl adjacent to an activating group) is 1. The lowest BCUT2D eigenvalue weighted by atomic mass is 10.0. The number of anilines is 1. The lowest BCUT2D eigenvalue weighted by Crippen LogP contribution is -2.43. The quantitative estimate of drug-likeness (QED) is 0.609. The van der Waals surface area contributed by atoms with E-state index in [4.69, 9.17) is 5.73 Å². The third kappa shape index (κ3) is 3.66. The maximum absolute atomic E-state index is 11.5. The fourth-order valence-corrected chi connectivity index (χ4v) is 2.53. The number of rotatable bonds is 5. The molecule has 8 heteroatoms. The smallest absolute Gasteiger partial charge is 0.288 e. The first-order chi connectivity index (χ1) is 9.99. The van der Waals surface area contributed by atoms with Gasteiger partial charge in [-0.3, -0.25) is 14.9 Å².